The third kappa shape index (κ3) is 2.26. The molecule has 3 rings (SSSR count). The standard InChI is InChI=1S/C15H22N2OS/c1-19-15-4-2-3-13(11(15)7-16)17-8-10-5-6-14(18)12(10)9-17/h2-4,10,12,14,18H,5-9,16H2,1H3. The third-order valence-electron chi connectivity index (χ3n) is 4.69. The molecule has 0 spiro atoms. The van der Waals surface area contributed by atoms with E-state index in [0.717, 1.165) is 19.5 Å². The van der Waals surface area contributed by atoms with Crippen molar-refractivity contribution in [1.29, 1.82) is 0 Å². The van der Waals surface area contributed by atoms with Crippen molar-refractivity contribution in [2.24, 2.45) is 17.6 Å². The van der Waals surface area contributed by atoms with Gasteiger partial charge in [-0.15, -0.1) is 11.8 Å². The topological polar surface area (TPSA) is 49.5 Å². The summed E-state index contributed by atoms with van der Waals surface area (Å²) in [6, 6.07) is 6.43. The second-order valence-electron chi connectivity index (χ2n) is 5.64. The molecule has 1 aromatic rings. The number of aliphatic hydroxyl groups excluding tert-OH is 1. The van der Waals surface area contributed by atoms with Crippen molar-refractivity contribution < 1.29 is 5.11 Å². The molecule has 2 fully saturated rings. The number of aliphatic hydroxyl groups is 1. The van der Waals surface area contributed by atoms with Crippen LogP contribution in [0.1, 0.15) is 18.4 Å². The van der Waals surface area contributed by atoms with Crippen LogP contribution in [0.4, 0.5) is 5.69 Å². The zero-order valence-electron chi connectivity index (χ0n) is 11.4. The molecule has 0 bridgehead atoms. The summed E-state index contributed by atoms with van der Waals surface area (Å²) in [6.07, 6.45) is 4.15. The molecule has 1 heterocycles. The minimum absolute atomic E-state index is 0.0972. The number of hydrogen-bond acceptors (Lipinski definition) is 4. The lowest BCUT2D eigenvalue weighted by atomic mass is 10.00. The number of nitrogens with zero attached hydrogens (tertiary/aromatic N) is 1. The molecule has 3 N–H and O–H groups in total. The molecule has 4 heteroatoms. The van der Waals surface area contributed by atoms with Gasteiger partial charge in [0.05, 0.1) is 6.10 Å². The number of rotatable bonds is 3. The normalized spacial score (nSPS) is 29.8. The molecule has 1 saturated heterocycles. The van der Waals surface area contributed by atoms with Crippen molar-refractivity contribution in [2.45, 2.75) is 30.4 Å². The summed E-state index contributed by atoms with van der Waals surface area (Å²) in [5, 5.41) is 10.0. The molecule has 0 amide bonds. The van der Waals surface area contributed by atoms with Gasteiger partial charge in [-0.25, -0.2) is 0 Å². The van der Waals surface area contributed by atoms with E-state index in [1.165, 1.54) is 22.6 Å². The Bertz CT molecular complexity index is 465. The fourth-order valence-electron chi connectivity index (χ4n) is 3.68. The minimum Gasteiger partial charge on any atom is -0.393 e. The highest BCUT2D eigenvalue weighted by Gasteiger charge is 2.42. The molecule has 1 saturated carbocycles. The van der Waals surface area contributed by atoms with E-state index in [0.29, 0.717) is 18.4 Å². The van der Waals surface area contributed by atoms with Crippen molar-refractivity contribution in [1.82, 2.24) is 0 Å². The lowest BCUT2D eigenvalue weighted by Crippen LogP contribution is -2.25. The minimum atomic E-state index is -0.0972. The number of nitrogens with two attached hydrogens (primary N) is 1. The Hall–Kier alpha value is -0.710. The van der Waals surface area contributed by atoms with Gasteiger partial charge in [0.1, 0.15) is 0 Å². The van der Waals surface area contributed by atoms with Gasteiger partial charge in [0.2, 0.25) is 0 Å². The molecule has 2 aliphatic rings. The van der Waals surface area contributed by atoms with Gasteiger partial charge in [0.25, 0.3) is 0 Å². The van der Waals surface area contributed by atoms with E-state index in [-0.39, 0.29) is 6.10 Å². The summed E-state index contributed by atoms with van der Waals surface area (Å²) in [6.45, 7) is 2.64. The first-order valence-electron chi connectivity index (χ1n) is 7.03. The second kappa shape index (κ2) is 5.35. The summed E-state index contributed by atoms with van der Waals surface area (Å²) >= 11 is 1.76. The van der Waals surface area contributed by atoms with E-state index in [2.05, 4.69) is 29.4 Å². The van der Waals surface area contributed by atoms with Crippen molar-refractivity contribution in [3.63, 3.8) is 0 Å². The van der Waals surface area contributed by atoms with Crippen LogP contribution in [-0.4, -0.2) is 30.6 Å². The zero-order valence-corrected chi connectivity index (χ0v) is 12.2. The van der Waals surface area contributed by atoms with Gasteiger partial charge in [-0.05, 0) is 37.1 Å². The Morgan fingerprint density at radius 3 is 2.89 bits per heavy atom. The fraction of sp³-hybridized carbons (Fsp3) is 0.600. The fourth-order valence-corrected chi connectivity index (χ4v) is 4.33. The predicted octanol–water partition coefficient (Wildman–Crippen LogP) is 2.07. The van der Waals surface area contributed by atoms with Gasteiger partial charge in [0, 0.05) is 41.7 Å². The molecular weight excluding hydrogens is 256 g/mol. The Labute approximate surface area is 119 Å². The van der Waals surface area contributed by atoms with Crippen molar-refractivity contribution >= 4 is 17.4 Å². The highest BCUT2D eigenvalue weighted by Crippen LogP contribution is 2.41. The van der Waals surface area contributed by atoms with Gasteiger partial charge in [0.15, 0.2) is 0 Å². The molecule has 19 heavy (non-hydrogen) atoms. The van der Waals surface area contributed by atoms with Crippen LogP contribution in [0.2, 0.25) is 0 Å². The first-order chi connectivity index (χ1) is 9.24. The van der Waals surface area contributed by atoms with Gasteiger partial charge >= 0.3 is 0 Å². The first kappa shape index (κ1) is 13.3. The number of fused-ring (bicyclic) bond motifs is 1. The summed E-state index contributed by atoms with van der Waals surface area (Å²) in [4.78, 5) is 3.71. The average Bonchev–Trinajstić information content (AvgIpc) is 3.00. The number of thioether (sulfide) groups is 1. The number of anilines is 1. The van der Waals surface area contributed by atoms with Crippen LogP contribution in [-0.2, 0) is 6.54 Å². The second-order valence-corrected chi connectivity index (χ2v) is 6.48. The quantitative estimate of drug-likeness (QED) is 0.831. The summed E-state index contributed by atoms with van der Waals surface area (Å²) in [5.41, 5.74) is 8.48. The van der Waals surface area contributed by atoms with Crippen molar-refractivity contribution in [3.8, 4) is 0 Å². The zero-order chi connectivity index (χ0) is 13.4. The monoisotopic (exact) mass is 278 g/mol. The Morgan fingerprint density at radius 1 is 1.37 bits per heavy atom. The van der Waals surface area contributed by atoms with Crippen LogP contribution in [0.3, 0.4) is 0 Å². The lowest BCUT2D eigenvalue weighted by Gasteiger charge is -2.24. The third-order valence-corrected chi connectivity index (χ3v) is 5.51. The number of hydrogen-bond donors (Lipinski definition) is 2. The van der Waals surface area contributed by atoms with Crippen molar-refractivity contribution in [2.75, 3.05) is 24.2 Å². The highest BCUT2D eigenvalue weighted by molar-refractivity contribution is 7.98. The van der Waals surface area contributed by atoms with Crippen LogP contribution in [0, 0.1) is 11.8 Å². The maximum absolute atomic E-state index is 10.0. The van der Waals surface area contributed by atoms with E-state index < -0.39 is 0 Å². The molecule has 1 aliphatic carbocycles. The van der Waals surface area contributed by atoms with Crippen molar-refractivity contribution in [3.05, 3.63) is 23.8 Å². The molecule has 1 aromatic carbocycles. The Morgan fingerprint density at radius 2 is 2.21 bits per heavy atom. The maximum atomic E-state index is 10.0. The van der Waals surface area contributed by atoms with Crippen LogP contribution in [0.25, 0.3) is 0 Å². The van der Waals surface area contributed by atoms with Crippen LogP contribution >= 0.6 is 11.8 Å². The SMILES string of the molecule is CSc1cccc(N2CC3CCC(O)C3C2)c1CN. The largest absolute Gasteiger partial charge is 0.393 e. The van der Waals surface area contributed by atoms with Gasteiger partial charge in [-0.1, -0.05) is 6.07 Å². The summed E-state index contributed by atoms with van der Waals surface area (Å²) < 4.78 is 0. The Balaban J connectivity index is 1.88. The molecular formula is C15H22N2OS. The van der Waals surface area contributed by atoms with E-state index in [1.54, 1.807) is 11.8 Å². The smallest absolute Gasteiger partial charge is 0.0588 e. The van der Waals surface area contributed by atoms with Gasteiger partial charge in [-0.3, -0.25) is 0 Å². The average molecular weight is 278 g/mol. The molecule has 3 atom stereocenters. The van der Waals surface area contributed by atoms with E-state index in [9.17, 15) is 5.11 Å². The first-order valence-corrected chi connectivity index (χ1v) is 8.26. The van der Waals surface area contributed by atoms with Crippen LogP contribution < -0.4 is 10.6 Å². The number of benzene rings is 1. The molecule has 3 nitrogen and oxygen atoms in total. The van der Waals surface area contributed by atoms with Crippen LogP contribution in [0.15, 0.2) is 23.1 Å². The highest BCUT2D eigenvalue weighted by atomic mass is 32.2. The van der Waals surface area contributed by atoms with Gasteiger partial charge < -0.3 is 15.7 Å². The summed E-state index contributed by atoms with van der Waals surface area (Å²) in [7, 11) is 0. The van der Waals surface area contributed by atoms with Gasteiger partial charge in [-0.2, -0.15) is 0 Å². The molecule has 1 aliphatic heterocycles. The Kier molecular flexibility index (Phi) is 3.74. The summed E-state index contributed by atoms with van der Waals surface area (Å²) in [5.74, 6) is 1.13. The molecule has 104 valence electrons. The van der Waals surface area contributed by atoms with E-state index in [1.807, 2.05) is 0 Å². The molecule has 0 radical (unpaired) electrons. The lowest BCUT2D eigenvalue weighted by molar-refractivity contribution is 0.133. The maximum Gasteiger partial charge on any atom is 0.0588 e. The van der Waals surface area contributed by atoms with Crippen LogP contribution in [0.5, 0.6) is 0 Å². The predicted molar refractivity (Wildman–Crippen MR) is 80.5 cm³/mol. The molecule has 0 aromatic heterocycles. The molecule has 3 unspecified atom stereocenters. The van der Waals surface area contributed by atoms with E-state index in [4.69, 9.17) is 5.73 Å². The van der Waals surface area contributed by atoms with E-state index >= 15 is 0 Å².